The fraction of sp³-hybridized carbons (Fsp3) is 0.485. The van der Waals surface area contributed by atoms with E-state index in [1.807, 2.05) is 0 Å². The van der Waals surface area contributed by atoms with Crippen LogP contribution in [0.15, 0.2) is 30.5 Å². The van der Waals surface area contributed by atoms with Gasteiger partial charge >= 0.3 is 19.2 Å². The van der Waals surface area contributed by atoms with Gasteiger partial charge in [0.05, 0.1) is 17.1 Å². The zero-order chi connectivity index (χ0) is 34.4. The molecule has 0 radical (unpaired) electrons. The summed E-state index contributed by atoms with van der Waals surface area (Å²) in [5.41, 5.74) is 6.73. The number of hydrogen-bond acceptors (Lipinski definition) is 8. The Balaban J connectivity index is 0.000000214. The molecule has 3 N–H and O–H groups in total. The van der Waals surface area contributed by atoms with E-state index in [-0.39, 0.29) is 58.3 Å². The van der Waals surface area contributed by atoms with Crippen LogP contribution in [-0.4, -0.2) is 60.7 Å². The average Bonchev–Trinajstić information content (AvgIpc) is 3.90. The van der Waals surface area contributed by atoms with Gasteiger partial charge in [0.1, 0.15) is 17.4 Å². The lowest BCUT2D eigenvalue weighted by Crippen LogP contribution is -2.17. The zero-order valence-electron chi connectivity index (χ0n) is 25.8. The Morgan fingerprint density at radius 2 is 1.33 bits per heavy atom. The van der Waals surface area contributed by atoms with Crippen molar-refractivity contribution in [1.29, 1.82) is 0 Å². The second kappa shape index (κ2) is 15.9. The van der Waals surface area contributed by atoms with Crippen molar-refractivity contribution in [3.8, 4) is 11.5 Å². The number of rotatable bonds is 10. The van der Waals surface area contributed by atoms with E-state index in [1.165, 1.54) is 18.3 Å². The molecule has 0 unspecified atom stereocenters. The number of nitrogens with two attached hydrogens (primary N) is 1. The highest BCUT2D eigenvalue weighted by molar-refractivity contribution is 5.86. The highest BCUT2D eigenvalue weighted by Crippen LogP contribution is 2.41. The third kappa shape index (κ3) is 9.07. The number of carboxylic acid groups (broad SMARTS) is 1. The van der Waals surface area contributed by atoms with Crippen molar-refractivity contribution in [3.05, 3.63) is 75.9 Å². The van der Waals surface area contributed by atoms with Crippen LogP contribution in [0, 0.1) is 11.6 Å². The Hall–Kier alpha value is -4.11. The molecule has 2 saturated heterocycles. The zero-order valence-corrected chi connectivity index (χ0v) is 25.8. The minimum atomic E-state index is -3.10. The molecule has 2 aromatic carbocycles. The molecule has 1 saturated carbocycles. The number of aromatic nitrogens is 2. The topological polar surface area (TPSA) is 126 Å². The van der Waals surface area contributed by atoms with Crippen LogP contribution in [0.2, 0.25) is 0 Å². The first-order chi connectivity index (χ1) is 23.0. The van der Waals surface area contributed by atoms with Crippen molar-refractivity contribution in [2.45, 2.75) is 75.9 Å². The van der Waals surface area contributed by atoms with Gasteiger partial charge < -0.3 is 29.8 Å². The Morgan fingerprint density at radius 3 is 1.85 bits per heavy atom. The molecule has 0 spiro atoms. The van der Waals surface area contributed by atoms with E-state index in [0.717, 1.165) is 25.0 Å². The molecule has 3 fully saturated rings. The Labute approximate surface area is 272 Å². The van der Waals surface area contributed by atoms with Gasteiger partial charge in [0.2, 0.25) is 0 Å². The average molecular weight is 684 g/mol. The summed E-state index contributed by atoms with van der Waals surface area (Å²) < 4.78 is 98.5. The number of anilines is 1. The predicted octanol–water partition coefficient (Wildman–Crippen LogP) is 7.18. The number of hydrogen-bond donors (Lipinski definition) is 2. The number of carbonyl (C=O) groups is 1. The number of ether oxygens (including phenoxy) is 4. The summed E-state index contributed by atoms with van der Waals surface area (Å²) in [5, 5.41) is 9.56. The summed E-state index contributed by atoms with van der Waals surface area (Å²) in [6, 6.07) is 4.49. The molecular weight excluding hydrogens is 648 g/mol. The molecule has 15 heteroatoms. The fourth-order valence-electron chi connectivity index (χ4n) is 6.01. The lowest BCUT2D eigenvalue weighted by atomic mass is 9.88. The molecule has 3 heterocycles. The summed E-state index contributed by atoms with van der Waals surface area (Å²) in [5.74, 6) is -2.70. The number of nitrogen functional groups attached to an aromatic ring is 1. The maximum atomic E-state index is 14.4. The van der Waals surface area contributed by atoms with E-state index in [9.17, 15) is 36.2 Å². The molecule has 1 aliphatic carbocycles. The molecule has 0 atom stereocenters. The van der Waals surface area contributed by atoms with E-state index < -0.39 is 30.8 Å². The first kappa shape index (κ1) is 35.2. The van der Waals surface area contributed by atoms with Crippen molar-refractivity contribution in [2.24, 2.45) is 0 Å². The molecule has 3 aromatic rings. The molecule has 1 aromatic heterocycles. The SMILES string of the molecule is Nc1cc(F)cc(C2CCOCC2)c1OC(F)F.O=C(O)c1nc(C2CC2)cnc1Cc1cc(F)cc(C2CCOCC2)c1OC(F)F. The maximum absolute atomic E-state index is 14.4. The third-order valence-corrected chi connectivity index (χ3v) is 8.43. The number of nitrogens with zero attached hydrogens (tertiary/aromatic N) is 2. The normalized spacial score (nSPS) is 17.2. The summed E-state index contributed by atoms with van der Waals surface area (Å²) in [4.78, 5) is 20.1. The third-order valence-electron chi connectivity index (χ3n) is 8.43. The smallest absolute Gasteiger partial charge is 0.387 e. The molecular formula is C33H35F6N3O6. The first-order valence-corrected chi connectivity index (χ1v) is 15.6. The van der Waals surface area contributed by atoms with Crippen LogP contribution in [0.5, 0.6) is 11.5 Å². The largest absolute Gasteiger partial charge is 0.476 e. The summed E-state index contributed by atoms with van der Waals surface area (Å²) in [6.45, 7) is -4.14. The predicted molar refractivity (Wildman–Crippen MR) is 160 cm³/mol. The van der Waals surface area contributed by atoms with Gasteiger partial charge in [0.25, 0.3) is 0 Å². The Morgan fingerprint density at radius 1 is 0.812 bits per heavy atom. The quantitative estimate of drug-likeness (QED) is 0.169. The fourth-order valence-corrected chi connectivity index (χ4v) is 6.01. The summed E-state index contributed by atoms with van der Waals surface area (Å²) in [7, 11) is 0. The van der Waals surface area contributed by atoms with Crippen LogP contribution in [0.4, 0.5) is 32.0 Å². The van der Waals surface area contributed by atoms with Gasteiger partial charge in [-0.15, -0.1) is 0 Å². The number of halogens is 6. The molecule has 3 aliphatic rings. The highest BCUT2D eigenvalue weighted by Gasteiger charge is 2.29. The van der Waals surface area contributed by atoms with E-state index >= 15 is 0 Å². The molecule has 0 amide bonds. The van der Waals surface area contributed by atoms with Crippen LogP contribution in [0.3, 0.4) is 0 Å². The van der Waals surface area contributed by atoms with Crippen molar-refractivity contribution in [2.75, 3.05) is 32.2 Å². The van der Waals surface area contributed by atoms with Gasteiger partial charge in [-0.2, -0.15) is 17.6 Å². The van der Waals surface area contributed by atoms with Crippen molar-refractivity contribution < 1.29 is 55.2 Å². The van der Waals surface area contributed by atoms with Gasteiger partial charge in [-0.25, -0.2) is 18.6 Å². The monoisotopic (exact) mass is 683 g/mol. The lowest BCUT2D eigenvalue weighted by molar-refractivity contribution is -0.0519. The van der Waals surface area contributed by atoms with Crippen LogP contribution >= 0.6 is 0 Å². The number of aromatic carboxylic acids is 1. The second-order valence-electron chi connectivity index (χ2n) is 11.8. The number of benzene rings is 2. The summed E-state index contributed by atoms with van der Waals surface area (Å²) in [6.07, 6.45) is 5.57. The molecule has 2 aliphatic heterocycles. The highest BCUT2D eigenvalue weighted by atomic mass is 19.3. The van der Waals surface area contributed by atoms with Crippen molar-refractivity contribution in [1.82, 2.24) is 9.97 Å². The Kier molecular flexibility index (Phi) is 11.6. The van der Waals surface area contributed by atoms with E-state index in [0.29, 0.717) is 68.9 Å². The van der Waals surface area contributed by atoms with Crippen LogP contribution in [0.1, 0.15) is 94.8 Å². The van der Waals surface area contributed by atoms with Crippen molar-refractivity contribution in [3.63, 3.8) is 0 Å². The lowest BCUT2D eigenvalue weighted by Gasteiger charge is -2.26. The molecule has 0 bridgehead atoms. The van der Waals surface area contributed by atoms with Gasteiger partial charge in [-0.1, -0.05) is 0 Å². The van der Waals surface area contributed by atoms with E-state index in [4.69, 9.17) is 19.9 Å². The van der Waals surface area contributed by atoms with Gasteiger partial charge in [-0.3, -0.25) is 4.98 Å². The van der Waals surface area contributed by atoms with Gasteiger partial charge in [0.15, 0.2) is 11.4 Å². The first-order valence-electron chi connectivity index (χ1n) is 15.6. The minimum Gasteiger partial charge on any atom is -0.476 e. The second-order valence-corrected chi connectivity index (χ2v) is 11.8. The molecule has 260 valence electrons. The van der Waals surface area contributed by atoms with Gasteiger partial charge in [0, 0.05) is 67.7 Å². The van der Waals surface area contributed by atoms with Gasteiger partial charge in [-0.05, 0) is 68.6 Å². The van der Waals surface area contributed by atoms with Crippen LogP contribution < -0.4 is 15.2 Å². The standard InChI is InChI=1S/C21H21F3N2O4.C12H14F3NO2/c22-14-7-13(8-16-18(20(27)28)26-17(10-25-16)12-1-2-12)19(30-21(23)24)15(9-14)11-3-5-29-6-4-11;13-8-5-9(7-1-3-17-4-2-7)11(10(16)6-8)18-12(14)15/h7,9-12,21H,1-6,8H2,(H,27,28);5-7,12H,1-4,16H2. The number of alkyl halides is 4. The molecule has 48 heavy (non-hydrogen) atoms. The summed E-state index contributed by atoms with van der Waals surface area (Å²) >= 11 is 0. The van der Waals surface area contributed by atoms with Crippen molar-refractivity contribution >= 4 is 11.7 Å². The molecule has 6 rings (SSSR count). The molecule has 9 nitrogen and oxygen atoms in total. The minimum absolute atomic E-state index is 0.0644. The van der Waals surface area contributed by atoms with E-state index in [2.05, 4.69) is 14.7 Å². The number of carboxylic acids is 1. The Bertz CT molecular complexity index is 1580. The van der Waals surface area contributed by atoms with Crippen LogP contribution in [-0.2, 0) is 15.9 Å². The van der Waals surface area contributed by atoms with Crippen LogP contribution in [0.25, 0.3) is 0 Å². The maximum Gasteiger partial charge on any atom is 0.387 e. The van der Waals surface area contributed by atoms with E-state index in [1.54, 1.807) is 0 Å².